The van der Waals surface area contributed by atoms with E-state index >= 15 is 0 Å². The van der Waals surface area contributed by atoms with Gasteiger partial charge in [-0.1, -0.05) is 39.5 Å². The van der Waals surface area contributed by atoms with Crippen molar-refractivity contribution < 1.29 is 0 Å². The summed E-state index contributed by atoms with van der Waals surface area (Å²) in [5.74, 6) is 1.64. The van der Waals surface area contributed by atoms with E-state index in [0.717, 1.165) is 31.7 Å². The van der Waals surface area contributed by atoms with Crippen molar-refractivity contribution in [2.75, 3.05) is 23.3 Å². The van der Waals surface area contributed by atoms with Gasteiger partial charge in [-0.3, -0.25) is 0 Å². The Morgan fingerprint density at radius 2 is 1.76 bits per heavy atom. The molecule has 2 rings (SSSR count). The van der Waals surface area contributed by atoms with Crippen molar-refractivity contribution in [3.8, 4) is 0 Å². The summed E-state index contributed by atoms with van der Waals surface area (Å²) in [5, 5.41) is 11.8. The molecular weight excluding hydrogens is 262 g/mol. The zero-order valence-electron chi connectivity index (χ0n) is 13.5. The van der Waals surface area contributed by atoms with Gasteiger partial charge in [-0.2, -0.15) is 10.1 Å². The highest BCUT2D eigenvalue weighted by atomic mass is 15.3. The third-order valence-electron chi connectivity index (χ3n) is 4.05. The molecule has 1 aliphatic rings. The average molecular weight is 291 g/mol. The van der Waals surface area contributed by atoms with Crippen LogP contribution in [0.3, 0.4) is 0 Å². The van der Waals surface area contributed by atoms with Crippen LogP contribution in [-0.2, 0) is 0 Å². The first-order valence-corrected chi connectivity index (χ1v) is 8.54. The Morgan fingerprint density at radius 1 is 1.10 bits per heavy atom. The van der Waals surface area contributed by atoms with E-state index in [1.54, 1.807) is 6.20 Å². The summed E-state index contributed by atoms with van der Waals surface area (Å²) in [7, 11) is 0. The molecule has 1 fully saturated rings. The molecule has 0 unspecified atom stereocenters. The summed E-state index contributed by atoms with van der Waals surface area (Å²) < 4.78 is 0. The normalized spacial score (nSPS) is 16.5. The molecule has 0 aromatic carbocycles. The van der Waals surface area contributed by atoms with Crippen LogP contribution in [0.1, 0.15) is 65.2 Å². The van der Waals surface area contributed by atoms with Crippen molar-refractivity contribution >= 4 is 11.8 Å². The Bertz CT molecular complexity index is 395. The Labute approximate surface area is 128 Å². The highest BCUT2D eigenvalue weighted by molar-refractivity contribution is 5.40. The number of aromatic nitrogens is 3. The predicted molar refractivity (Wildman–Crippen MR) is 87.7 cm³/mol. The molecule has 5 heteroatoms. The molecule has 1 heterocycles. The monoisotopic (exact) mass is 291 g/mol. The number of rotatable bonds is 7. The van der Waals surface area contributed by atoms with E-state index in [9.17, 15) is 0 Å². The largest absolute Gasteiger partial charge is 0.355 e. The Morgan fingerprint density at radius 3 is 2.38 bits per heavy atom. The second-order valence-electron chi connectivity index (χ2n) is 5.96. The average Bonchev–Trinajstić information content (AvgIpc) is 2.76. The second kappa shape index (κ2) is 8.80. The fraction of sp³-hybridized carbons (Fsp3) is 0.812. The molecular formula is C16H29N5. The fourth-order valence-corrected chi connectivity index (χ4v) is 3.00. The predicted octanol–water partition coefficient (Wildman–Crippen LogP) is 3.63. The van der Waals surface area contributed by atoms with E-state index in [0.29, 0.717) is 12.0 Å². The third-order valence-corrected chi connectivity index (χ3v) is 4.05. The van der Waals surface area contributed by atoms with Crippen LogP contribution in [0.5, 0.6) is 0 Å². The third kappa shape index (κ3) is 5.14. The quantitative estimate of drug-likeness (QED) is 0.777. The summed E-state index contributed by atoms with van der Waals surface area (Å²) >= 11 is 0. The molecule has 1 N–H and O–H groups in total. The molecule has 0 aliphatic heterocycles. The number of anilines is 2. The lowest BCUT2D eigenvalue weighted by molar-refractivity contribution is 0.612. The number of nitrogens with zero attached hydrogens (tertiary/aromatic N) is 4. The first kappa shape index (κ1) is 16.0. The molecule has 0 radical (unpaired) electrons. The topological polar surface area (TPSA) is 53.9 Å². The molecule has 118 valence electrons. The standard InChI is InChI=1S/C16H29N5/c1-3-11-21(12-4-2)15-13-17-20-16(19-15)18-14-9-7-5-6-8-10-14/h13-14H,3-12H2,1-2H3,(H,18,19,20). The van der Waals surface area contributed by atoms with Crippen LogP contribution in [0.15, 0.2) is 6.20 Å². The fourth-order valence-electron chi connectivity index (χ4n) is 3.00. The minimum Gasteiger partial charge on any atom is -0.355 e. The van der Waals surface area contributed by atoms with Gasteiger partial charge >= 0.3 is 0 Å². The Balaban J connectivity index is 2.01. The molecule has 5 nitrogen and oxygen atoms in total. The first-order valence-electron chi connectivity index (χ1n) is 8.54. The van der Waals surface area contributed by atoms with Crippen LogP contribution in [0, 0.1) is 0 Å². The van der Waals surface area contributed by atoms with Gasteiger partial charge in [0, 0.05) is 19.1 Å². The minimum atomic E-state index is 0.510. The van der Waals surface area contributed by atoms with Gasteiger partial charge in [0.25, 0.3) is 0 Å². The summed E-state index contributed by atoms with van der Waals surface area (Å²) in [4.78, 5) is 6.97. The van der Waals surface area contributed by atoms with Gasteiger partial charge in [-0.15, -0.1) is 5.10 Å². The van der Waals surface area contributed by atoms with E-state index < -0.39 is 0 Å². The van der Waals surface area contributed by atoms with Crippen molar-refractivity contribution in [2.45, 2.75) is 71.3 Å². The molecule has 1 aromatic rings. The summed E-state index contributed by atoms with van der Waals surface area (Å²) in [6.07, 6.45) is 11.8. The molecule has 1 saturated carbocycles. The zero-order chi connectivity index (χ0) is 14.9. The lowest BCUT2D eigenvalue weighted by atomic mass is 10.1. The van der Waals surface area contributed by atoms with Crippen molar-refractivity contribution in [1.82, 2.24) is 15.2 Å². The molecule has 1 aromatic heterocycles. The van der Waals surface area contributed by atoms with Crippen LogP contribution in [0.2, 0.25) is 0 Å². The lowest BCUT2D eigenvalue weighted by Crippen LogP contribution is -2.27. The van der Waals surface area contributed by atoms with E-state index in [1.807, 2.05) is 0 Å². The lowest BCUT2D eigenvalue weighted by Gasteiger charge is -2.23. The van der Waals surface area contributed by atoms with Crippen molar-refractivity contribution in [3.05, 3.63) is 6.20 Å². The molecule has 0 atom stereocenters. The SMILES string of the molecule is CCCN(CCC)c1cnnc(NC2CCCCCC2)n1. The zero-order valence-corrected chi connectivity index (χ0v) is 13.5. The highest BCUT2D eigenvalue weighted by Gasteiger charge is 2.14. The van der Waals surface area contributed by atoms with Crippen molar-refractivity contribution in [2.24, 2.45) is 0 Å². The number of nitrogens with one attached hydrogen (secondary N) is 1. The van der Waals surface area contributed by atoms with Gasteiger partial charge in [0.2, 0.25) is 5.95 Å². The number of hydrogen-bond donors (Lipinski definition) is 1. The highest BCUT2D eigenvalue weighted by Crippen LogP contribution is 2.20. The van der Waals surface area contributed by atoms with Gasteiger partial charge in [0.1, 0.15) is 0 Å². The number of hydrogen-bond acceptors (Lipinski definition) is 5. The Kier molecular flexibility index (Phi) is 6.70. The minimum absolute atomic E-state index is 0.510. The van der Waals surface area contributed by atoms with Gasteiger partial charge < -0.3 is 10.2 Å². The van der Waals surface area contributed by atoms with Crippen LogP contribution >= 0.6 is 0 Å². The van der Waals surface area contributed by atoms with Gasteiger partial charge in [-0.05, 0) is 25.7 Å². The van der Waals surface area contributed by atoms with Crippen LogP contribution in [0.4, 0.5) is 11.8 Å². The summed E-state index contributed by atoms with van der Waals surface area (Å²) in [5.41, 5.74) is 0. The summed E-state index contributed by atoms with van der Waals surface area (Å²) in [6.45, 7) is 6.44. The maximum absolute atomic E-state index is 4.68. The van der Waals surface area contributed by atoms with Gasteiger partial charge in [-0.25, -0.2) is 0 Å². The van der Waals surface area contributed by atoms with Crippen LogP contribution in [0.25, 0.3) is 0 Å². The molecule has 1 aliphatic carbocycles. The smallest absolute Gasteiger partial charge is 0.244 e. The molecule has 0 spiro atoms. The molecule has 21 heavy (non-hydrogen) atoms. The molecule has 0 saturated heterocycles. The van der Waals surface area contributed by atoms with Gasteiger partial charge in [0.05, 0.1) is 6.20 Å². The van der Waals surface area contributed by atoms with E-state index in [1.165, 1.54) is 38.5 Å². The maximum atomic E-state index is 4.68. The van der Waals surface area contributed by atoms with Crippen LogP contribution < -0.4 is 10.2 Å². The van der Waals surface area contributed by atoms with Crippen molar-refractivity contribution in [3.63, 3.8) is 0 Å². The summed E-state index contributed by atoms with van der Waals surface area (Å²) in [6, 6.07) is 0.510. The van der Waals surface area contributed by atoms with E-state index in [-0.39, 0.29) is 0 Å². The van der Waals surface area contributed by atoms with Gasteiger partial charge in [0.15, 0.2) is 5.82 Å². The maximum Gasteiger partial charge on any atom is 0.244 e. The second-order valence-corrected chi connectivity index (χ2v) is 5.96. The molecule has 0 bridgehead atoms. The van der Waals surface area contributed by atoms with E-state index in [4.69, 9.17) is 0 Å². The van der Waals surface area contributed by atoms with Crippen molar-refractivity contribution in [1.29, 1.82) is 0 Å². The first-order chi connectivity index (χ1) is 10.3. The van der Waals surface area contributed by atoms with E-state index in [2.05, 4.69) is 39.2 Å². The molecule has 0 amide bonds. The Hall–Kier alpha value is -1.39. The van der Waals surface area contributed by atoms with Crippen LogP contribution in [-0.4, -0.2) is 34.3 Å².